The first kappa shape index (κ1) is 31.5. The summed E-state index contributed by atoms with van der Waals surface area (Å²) in [6, 6.07) is 0. The van der Waals surface area contributed by atoms with E-state index in [0.29, 0.717) is 19.8 Å². The van der Waals surface area contributed by atoms with Gasteiger partial charge in [-0.15, -0.1) is 0 Å². The fourth-order valence-electron chi connectivity index (χ4n) is 6.43. The number of halogens is 2. The van der Waals surface area contributed by atoms with Gasteiger partial charge in [-0.3, -0.25) is 14.1 Å². The molecule has 2 bridgehead atoms. The third-order valence-electron chi connectivity index (χ3n) is 8.61. The van der Waals surface area contributed by atoms with Gasteiger partial charge in [-0.2, -0.15) is 17.2 Å². The number of rotatable bonds is 13. The van der Waals surface area contributed by atoms with Gasteiger partial charge in [-0.25, -0.2) is 9.59 Å². The van der Waals surface area contributed by atoms with Crippen LogP contribution in [-0.2, 0) is 57.7 Å². The summed E-state index contributed by atoms with van der Waals surface area (Å²) < 4.78 is 88.9. The molecule has 16 heteroatoms. The predicted octanol–water partition coefficient (Wildman–Crippen LogP) is 1.56. The van der Waals surface area contributed by atoms with Gasteiger partial charge in [0.15, 0.2) is 18.3 Å². The summed E-state index contributed by atoms with van der Waals surface area (Å²) in [5.74, 6) is -5.50. The zero-order valence-electron chi connectivity index (χ0n) is 22.8. The first-order valence-electron chi connectivity index (χ1n) is 13.6. The zero-order chi connectivity index (χ0) is 30.3. The number of carbonyl (C=O) groups excluding carboxylic acids is 4. The molecule has 3 saturated heterocycles. The summed E-state index contributed by atoms with van der Waals surface area (Å²) >= 11 is 0. The smallest absolute Gasteiger partial charge is 0.405 e. The van der Waals surface area contributed by atoms with Crippen LogP contribution in [0.3, 0.4) is 0 Å². The Hall–Kier alpha value is -2.43. The molecule has 1 aliphatic carbocycles. The Morgan fingerprint density at radius 1 is 1.05 bits per heavy atom. The average Bonchev–Trinajstić information content (AvgIpc) is 3.66. The lowest BCUT2D eigenvalue weighted by Crippen LogP contribution is -2.50. The molecular formula is C25H34F2O13S. The maximum absolute atomic E-state index is 13.5. The van der Waals surface area contributed by atoms with E-state index in [2.05, 4.69) is 4.74 Å². The maximum Gasteiger partial charge on any atom is 0.405 e. The van der Waals surface area contributed by atoms with Crippen LogP contribution in [0.15, 0.2) is 0 Å². The molecule has 7 unspecified atom stereocenters. The first-order chi connectivity index (χ1) is 19.2. The Balaban J connectivity index is 1.34. The molecule has 0 aromatic rings. The lowest BCUT2D eigenvalue weighted by molar-refractivity contribution is -0.181. The summed E-state index contributed by atoms with van der Waals surface area (Å²) in [7, 11) is -5.84. The fraction of sp³-hybridized carbons (Fsp3) is 0.840. The maximum atomic E-state index is 13.5. The van der Waals surface area contributed by atoms with Crippen LogP contribution < -0.4 is 0 Å². The lowest BCUT2D eigenvalue weighted by atomic mass is 9.77. The van der Waals surface area contributed by atoms with Crippen molar-refractivity contribution in [2.75, 3.05) is 13.2 Å². The molecule has 0 radical (unpaired) electrons. The quantitative estimate of drug-likeness (QED) is 0.180. The van der Waals surface area contributed by atoms with E-state index in [1.165, 1.54) is 0 Å². The van der Waals surface area contributed by atoms with E-state index < -0.39 is 100 Å². The van der Waals surface area contributed by atoms with Gasteiger partial charge in [0, 0.05) is 0 Å². The number of alkyl halides is 2. The van der Waals surface area contributed by atoms with Crippen molar-refractivity contribution in [3.63, 3.8) is 0 Å². The Bertz CT molecular complexity index is 1150. The van der Waals surface area contributed by atoms with Gasteiger partial charge in [0.1, 0.15) is 42.9 Å². The highest BCUT2D eigenvalue weighted by atomic mass is 32.2. The van der Waals surface area contributed by atoms with E-state index in [1.807, 2.05) is 13.8 Å². The lowest BCUT2D eigenvalue weighted by Gasteiger charge is -2.39. The highest BCUT2D eigenvalue weighted by Crippen LogP contribution is 2.52. The number of hydrogen-bond acceptors (Lipinski definition) is 12. The molecule has 3 aliphatic heterocycles. The molecule has 4 fully saturated rings. The molecule has 4 aliphatic rings. The number of fused-ring (bicyclic) bond motifs is 1. The predicted molar refractivity (Wildman–Crippen MR) is 130 cm³/mol. The molecule has 0 aromatic heterocycles. The van der Waals surface area contributed by atoms with Crippen molar-refractivity contribution in [2.24, 2.45) is 17.8 Å². The van der Waals surface area contributed by atoms with Crippen molar-refractivity contribution in [1.82, 2.24) is 0 Å². The molecule has 4 rings (SSSR count). The van der Waals surface area contributed by atoms with Crippen LogP contribution in [0.5, 0.6) is 0 Å². The largest absolute Gasteiger partial charge is 0.458 e. The molecule has 3 heterocycles. The number of hydrogen-bond donors (Lipinski definition) is 1. The average molecular weight is 613 g/mol. The second-order valence-electron chi connectivity index (χ2n) is 10.8. The third kappa shape index (κ3) is 5.79. The molecule has 41 heavy (non-hydrogen) atoms. The fourth-order valence-corrected chi connectivity index (χ4v) is 6.90. The molecule has 7 atom stereocenters. The molecule has 1 N–H and O–H groups in total. The summed E-state index contributed by atoms with van der Waals surface area (Å²) in [6.45, 7) is 2.56. The van der Waals surface area contributed by atoms with E-state index >= 15 is 0 Å². The van der Waals surface area contributed by atoms with Gasteiger partial charge in [-0.1, -0.05) is 26.7 Å². The van der Waals surface area contributed by atoms with Crippen molar-refractivity contribution in [3.8, 4) is 0 Å². The van der Waals surface area contributed by atoms with Gasteiger partial charge < -0.3 is 28.4 Å². The van der Waals surface area contributed by atoms with E-state index in [1.54, 1.807) is 0 Å². The van der Waals surface area contributed by atoms with Gasteiger partial charge in [0.2, 0.25) is 0 Å². The second-order valence-corrected chi connectivity index (χ2v) is 12.3. The van der Waals surface area contributed by atoms with Crippen LogP contribution in [0.2, 0.25) is 0 Å². The van der Waals surface area contributed by atoms with Crippen molar-refractivity contribution in [3.05, 3.63) is 0 Å². The highest BCUT2D eigenvalue weighted by Gasteiger charge is 2.72. The summed E-state index contributed by atoms with van der Waals surface area (Å²) in [5, 5.41) is -4.76. The van der Waals surface area contributed by atoms with Crippen molar-refractivity contribution in [2.45, 2.75) is 101 Å². The number of carbonyl (C=O) groups is 4. The third-order valence-corrected chi connectivity index (χ3v) is 9.63. The molecule has 0 amide bonds. The van der Waals surface area contributed by atoms with E-state index in [4.69, 9.17) is 28.2 Å². The van der Waals surface area contributed by atoms with Gasteiger partial charge >= 0.3 is 39.2 Å². The Kier molecular flexibility index (Phi) is 8.98. The van der Waals surface area contributed by atoms with E-state index in [-0.39, 0.29) is 5.92 Å². The Morgan fingerprint density at radius 2 is 1.66 bits per heavy atom. The minimum atomic E-state index is -5.84. The van der Waals surface area contributed by atoms with Crippen LogP contribution in [0.1, 0.15) is 59.3 Å². The van der Waals surface area contributed by atoms with Crippen molar-refractivity contribution in [1.29, 1.82) is 0 Å². The van der Waals surface area contributed by atoms with Crippen molar-refractivity contribution >= 4 is 34.0 Å². The standard InChI is InChI=1S/C25H34F2O13S/c1-4-24(5-2,13-8-6-7-9-13)40-23(31)17-16-18-21(39-22(16)30)20(19(17)38-18)37-15(29)11-35-10-14(28)36-12(3)25(26,27)41(32,33)34/h12-13,16-21H,4-11H2,1-3H3,(H,32,33,34). The molecule has 232 valence electrons. The van der Waals surface area contributed by atoms with Crippen LogP contribution in [0.4, 0.5) is 8.78 Å². The van der Waals surface area contributed by atoms with Crippen LogP contribution in [0.25, 0.3) is 0 Å². The minimum absolute atomic E-state index is 0.198. The van der Waals surface area contributed by atoms with Gasteiger partial charge in [0.05, 0.1) is 0 Å². The van der Waals surface area contributed by atoms with Crippen LogP contribution >= 0.6 is 0 Å². The molecule has 1 saturated carbocycles. The minimum Gasteiger partial charge on any atom is -0.458 e. The molecule has 0 aromatic carbocycles. The SMILES string of the molecule is CCC(CC)(OC(=O)C1C2OC3C(OC(=O)C31)C2OC(=O)COCC(=O)OC(C)C(F)(F)S(=O)(=O)O)C1CCCC1. The molecule has 13 nitrogen and oxygen atoms in total. The first-order valence-corrected chi connectivity index (χ1v) is 15.0. The monoisotopic (exact) mass is 612 g/mol. The topological polar surface area (TPSA) is 178 Å². The van der Waals surface area contributed by atoms with Crippen molar-refractivity contribution < 1.29 is 69.4 Å². The van der Waals surface area contributed by atoms with Crippen LogP contribution in [-0.4, -0.2) is 91.4 Å². The molecule has 0 spiro atoms. The highest BCUT2D eigenvalue weighted by molar-refractivity contribution is 7.86. The van der Waals surface area contributed by atoms with Gasteiger partial charge in [-0.05, 0) is 38.5 Å². The van der Waals surface area contributed by atoms with Gasteiger partial charge in [0.25, 0.3) is 0 Å². The normalized spacial score (nSPS) is 30.2. The zero-order valence-corrected chi connectivity index (χ0v) is 23.6. The molecular weight excluding hydrogens is 578 g/mol. The Labute approximate surface area is 235 Å². The summed E-state index contributed by atoms with van der Waals surface area (Å²) in [5.41, 5.74) is -0.686. The summed E-state index contributed by atoms with van der Waals surface area (Å²) in [4.78, 5) is 50.3. The number of ether oxygens (including phenoxy) is 6. The summed E-state index contributed by atoms with van der Waals surface area (Å²) in [6.07, 6.45) is -1.30. The van der Waals surface area contributed by atoms with E-state index in [9.17, 15) is 36.4 Å². The van der Waals surface area contributed by atoms with Crippen LogP contribution in [0, 0.1) is 17.8 Å². The van der Waals surface area contributed by atoms with E-state index in [0.717, 1.165) is 25.7 Å². The Morgan fingerprint density at radius 3 is 2.24 bits per heavy atom. The second kappa shape index (κ2) is 11.7. The number of esters is 4.